The summed E-state index contributed by atoms with van der Waals surface area (Å²) in [5.41, 5.74) is 1.09. The fraction of sp³-hybridized carbons (Fsp3) is 0.444. The van der Waals surface area contributed by atoms with E-state index in [9.17, 15) is 0 Å². The molecule has 0 saturated heterocycles. The van der Waals surface area contributed by atoms with Crippen molar-refractivity contribution in [3.8, 4) is 0 Å². The number of hydrogen-bond acceptors (Lipinski definition) is 4. The molecule has 1 heterocycles. The Hall–Kier alpha value is -1.53. The summed E-state index contributed by atoms with van der Waals surface area (Å²) in [6.07, 6.45) is 1.10. The van der Waals surface area contributed by atoms with Crippen LogP contribution in [0.4, 0.5) is 0 Å². The number of hydrogen-bond donors (Lipinski definition) is 2. The van der Waals surface area contributed by atoms with Crippen molar-refractivity contribution in [2.24, 2.45) is 4.99 Å². The Morgan fingerprint density at radius 2 is 2.00 bits per heavy atom. The van der Waals surface area contributed by atoms with Gasteiger partial charge in [-0.2, -0.15) is 0 Å². The van der Waals surface area contributed by atoms with E-state index >= 15 is 0 Å². The predicted molar refractivity (Wildman–Crippen MR) is 106 cm³/mol. The lowest BCUT2D eigenvalue weighted by Gasteiger charge is -2.11. The summed E-state index contributed by atoms with van der Waals surface area (Å²) >= 11 is 3.62. The molecule has 0 spiro atoms. The van der Waals surface area contributed by atoms with Crippen molar-refractivity contribution in [1.82, 2.24) is 15.6 Å². The van der Waals surface area contributed by atoms with Crippen LogP contribution in [0.15, 0.2) is 40.2 Å². The lowest BCUT2D eigenvalue weighted by atomic mass is 10.4. The lowest BCUT2D eigenvalue weighted by molar-refractivity contribution is 0.790. The Bertz CT molecular complexity index is 638. The molecule has 0 amide bonds. The third-order valence-electron chi connectivity index (χ3n) is 3.35. The molecule has 130 valence electrons. The van der Waals surface area contributed by atoms with Crippen LogP contribution in [0.25, 0.3) is 0 Å². The van der Waals surface area contributed by atoms with Crippen molar-refractivity contribution in [3.63, 3.8) is 0 Å². The van der Waals surface area contributed by atoms with E-state index in [1.165, 1.54) is 9.77 Å². The van der Waals surface area contributed by atoms with Crippen molar-refractivity contribution >= 4 is 29.1 Å². The minimum Gasteiger partial charge on any atom is -0.357 e. The highest BCUT2D eigenvalue weighted by Crippen LogP contribution is 2.18. The van der Waals surface area contributed by atoms with E-state index in [2.05, 4.69) is 64.8 Å². The molecule has 0 aliphatic carbocycles. The van der Waals surface area contributed by atoms with E-state index in [0.717, 1.165) is 41.9 Å². The van der Waals surface area contributed by atoms with Gasteiger partial charge in [0.2, 0.25) is 0 Å². The third kappa shape index (κ3) is 6.53. The van der Waals surface area contributed by atoms with Gasteiger partial charge in [-0.3, -0.25) is 0 Å². The van der Waals surface area contributed by atoms with Gasteiger partial charge in [0.25, 0.3) is 0 Å². The molecular weight excluding hydrogens is 336 g/mol. The minimum absolute atomic E-state index is 0.686. The number of aromatic nitrogens is 1. The van der Waals surface area contributed by atoms with Crippen LogP contribution in [0.5, 0.6) is 0 Å². The first kappa shape index (κ1) is 18.8. The number of thiazole rings is 1. The van der Waals surface area contributed by atoms with Gasteiger partial charge < -0.3 is 10.6 Å². The second-order valence-electron chi connectivity index (χ2n) is 5.38. The van der Waals surface area contributed by atoms with Crippen molar-refractivity contribution in [2.45, 2.75) is 38.6 Å². The average Bonchev–Trinajstić information content (AvgIpc) is 2.90. The second kappa shape index (κ2) is 10.4. The van der Waals surface area contributed by atoms with E-state index < -0.39 is 0 Å². The summed E-state index contributed by atoms with van der Waals surface area (Å²) in [6, 6.07) is 10.5. The number of nitrogens with one attached hydrogen (secondary N) is 2. The number of aliphatic imine (C=N–C) groups is 1. The van der Waals surface area contributed by atoms with Crippen LogP contribution < -0.4 is 10.6 Å². The maximum absolute atomic E-state index is 4.67. The molecule has 24 heavy (non-hydrogen) atoms. The molecule has 1 aromatic carbocycles. The van der Waals surface area contributed by atoms with Crippen LogP contribution in [0, 0.1) is 13.8 Å². The zero-order chi connectivity index (χ0) is 17.2. The number of aryl methyl sites for hydroxylation is 2. The third-order valence-corrected chi connectivity index (χ3v) is 5.51. The van der Waals surface area contributed by atoms with Crippen molar-refractivity contribution in [2.75, 3.05) is 18.8 Å². The Morgan fingerprint density at radius 1 is 1.21 bits per heavy atom. The van der Waals surface area contributed by atoms with Crippen LogP contribution in [0.2, 0.25) is 0 Å². The van der Waals surface area contributed by atoms with Crippen molar-refractivity contribution in [3.05, 3.63) is 45.9 Å². The smallest absolute Gasteiger partial charge is 0.191 e. The molecule has 2 N–H and O–H groups in total. The van der Waals surface area contributed by atoms with Gasteiger partial charge in [-0.15, -0.1) is 23.1 Å². The highest BCUT2D eigenvalue weighted by molar-refractivity contribution is 7.99. The quantitative estimate of drug-likeness (QED) is 0.323. The zero-order valence-corrected chi connectivity index (χ0v) is 16.3. The summed E-state index contributed by atoms with van der Waals surface area (Å²) in [5.74, 6) is 1.98. The number of nitrogens with zero attached hydrogens (tertiary/aromatic N) is 2. The van der Waals surface area contributed by atoms with Crippen molar-refractivity contribution < 1.29 is 0 Å². The molecule has 0 atom stereocenters. The molecule has 0 radical (unpaired) electrons. The number of rotatable bonds is 8. The van der Waals surface area contributed by atoms with Gasteiger partial charge >= 0.3 is 0 Å². The van der Waals surface area contributed by atoms with Crippen LogP contribution in [-0.4, -0.2) is 29.8 Å². The molecule has 2 aromatic rings. The molecular formula is C18H26N4S2. The normalized spacial score (nSPS) is 11.5. The summed E-state index contributed by atoms with van der Waals surface area (Å²) in [6.45, 7) is 8.65. The summed E-state index contributed by atoms with van der Waals surface area (Å²) in [4.78, 5) is 11.7. The minimum atomic E-state index is 0.686. The van der Waals surface area contributed by atoms with Gasteiger partial charge in [-0.25, -0.2) is 9.98 Å². The first-order valence-electron chi connectivity index (χ1n) is 8.32. The number of guanidine groups is 1. The van der Waals surface area contributed by atoms with Crippen LogP contribution in [0.3, 0.4) is 0 Å². The lowest BCUT2D eigenvalue weighted by Crippen LogP contribution is -2.37. The topological polar surface area (TPSA) is 49.3 Å². The maximum Gasteiger partial charge on any atom is 0.191 e. The predicted octanol–water partition coefficient (Wildman–Crippen LogP) is 4.00. The number of thioether (sulfide) groups is 1. The summed E-state index contributed by atoms with van der Waals surface area (Å²) in [5, 5.41) is 7.82. The molecule has 0 aliphatic heterocycles. The molecule has 1 aromatic heterocycles. The van der Waals surface area contributed by atoms with E-state index in [0.29, 0.717) is 6.54 Å². The molecule has 0 aliphatic rings. The molecule has 0 fully saturated rings. The molecule has 0 bridgehead atoms. The molecule has 6 heteroatoms. The summed E-state index contributed by atoms with van der Waals surface area (Å²) < 4.78 is 0. The highest BCUT2D eigenvalue weighted by atomic mass is 32.2. The first-order valence-corrected chi connectivity index (χ1v) is 10.1. The van der Waals surface area contributed by atoms with Crippen LogP contribution in [0.1, 0.15) is 28.9 Å². The first-order chi connectivity index (χ1) is 11.7. The largest absolute Gasteiger partial charge is 0.357 e. The van der Waals surface area contributed by atoms with Crippen LogP contribution in [-0.2, 0) is 6.54 Å². The molecule has 4 nitrogen and oxygen atoms in total. The fourth-order valence-corrected chi connectivity index (χ4v) is 3.93. The standard InChI is InChI=1S/C18H26N4S2/c1-4-19-18(21-13-17-14(2)22-15(3)24-17)20-11-8-12-23-16-9-6-5-7-10-16/h5-7,9-10H,4,8,11-13H2,1-3H3,(H2,19,20,21). The van der Waals surface area contributed by atoms with Gasteiger partial charge in [0.1, 0.15) is 0 Å². The molecule has 0 unspecified atom stereocenters. The molecule has 0 saturated carbocycles. The van der Waals surface area contributed by atoms with E-state index in [1.54, 1.807) is 11.3 Å². The number of benzene rings is 1. The van der Waals surface area contributed by atoms with Gasteiger partial charge in [0.05, 0.1) is 17.2 Å². The Morgan fingerprint density at radius 3 is 2.67 bits per heavy atom. The van der Waals surface area contributed by atoms with E-state index in [1.807, 2.05) is 18.7 Å². The van der Waals surface area contributed by atoms with E-state index in [4.69, 9.17) is 0 Å². The Labute approximate surface area is 153 Å². The van der Waals surface area contributed by atoms with Gasteiger partial charge in [0, 0.05) is 22.9 Å². The summed E-state index contributed by atoms with van der Waals surface area (Å²) in [7, 11) is 0. The highest BCUT2D eigenvalue weighted by Gasteiger charge is 2.04. The average molecular weight is 363 g/mol. The molecule has 2 rings (SSSR count). The van der Waals surface area contributed by atoms with Crippen LogP contribution >= 0.6 is 23.1 Å². The Balaban J connectivity index is 1.74. The van der Waals surface area contributed by atoms with E-state index in [-0.39, 0.29) is 0 Å². The monoisotopic (exact) mass is 362 g/mol. The zero-order valence-electron chi connectivity index (χ0n) is 14.6. The van der Waals surface area contributed by atoms with Gasteiger partial charge in [-0.05, 0) is 45.1 Å². The second-order valence-corrected chi connectivity index (χ2v) is 7.83. The van der Waals surface area contributed by atoms with Crippen molar-refractivity contribution in [1.29, 1.82) is 0 Å². The SMILES string of the molecule is CCNC(=NCc1sc(C)nc1C)NCCCSc1ccccc1. The Kier molecular flexibility index (Phi) is 8.12. The maximum atomic E-state index is 4.67. The van der Waals surface area contributed by atoms with Gasteiger partial charge in [-0.1, -0.05) is 18.2 Å². The fourth-order valence-electron chi connectivity index (χ4n) is 2.20. The van der Waals surface area contributed by atoms with Gasteiger partial charge in [0.15, 0.2) is 5.96 Å².